The molecule has 0 aliphatic heterocycles. The SMILES string of the molecule is [2H]CC(/C=C(\[2H])CN(C)c1ccccc1)CN(C)c1ccccc1. The predicted molar refractivity (Wildman–Crippen MR) is 97.7 cm³/mol. The fourth-order valence-corrected chi connectivity index (χ4v) is 2.32. The third-order valence-corrected chi connectivity index (χ3v) is 3.58. The van der Waals surface area contributed by atoms with Gasteiger partial charge in [-0.25, -0.2) is 0 Å². The fraction of sp³-hybridized carbons (Fsp3) is 0.300. The summed E-state index contributed by atoms with van der Waals surface area (Å²) >= 11 is 0. The summed E-state index contributed by atoms with van der Waals surface area (Å²) < 4.78 is 16.0. The van der Waals surface area contributed by atoms with Gasteiger partial charge in [-0.2, -0.15) is 0 Å². The summed E-state index contributed by atoms with van der Waals surface area (Å²) in [4.78, 5) is 4.20. The van der Waals surface area contributed by atoms with Gasteiger partial charge < -0.3 is 9.80 Å². The molecule has 22 heavy (non-hydrogen) atoms. The number of nitrogens with zero attached hydrogens (tertiary/aromatic N) is 2. The van der Waals surface area contributed by atoms with Gasteiger partial charge in [0, 0.05) is 39.9 Å². The molecule has 2 rings (SSSR count). The van der Waals surface area contributed by atoms with Crippen molar-refractivity contribution in [2.45, 2.75) is 6.90 Å². The number of anilines is 2. The van der Waals surface area contributed by atoms with Crippen molar-refractivity contribution >= 4 is 11.4 Å². The van der Waals surface area contributed by atoms with E-state index in [0.29, 0.717) is 12.6 Å². The molecule has 0 amide bonds. The van der Waals surface area contributed by atoms with Gasteiger partial charge in [0.05, 0.1) is 1.37 Å². The lowest BCUT2D eigenvalue weighted by molar-refractivity contribution is 0.701. The molecular formula is C20H26N2. The van der Waals surface area contributed by atoms with Crippen molar-refractivity contribution in [3.63, 3.8) is 0 Å². The van der Waals surface area contributed by atoms with Crippen LogP contribution in [0.1, 0.15) is 9.64 Å². The molecular weight excluding hydrogens is 268 g/mol. The maximum Gasteiger partial charge on any atom is 0.0591 e. The van der Waals surface area contributed by atoms with Crippen LogP contribution in [0, 0.1) is 5.92 Å². The minimum Gasteiger partial charge on any atom is -0.374 e. The molecule has 0 aliphatic rings. The van der Waals surface area contributed by atoms with Crippen LogP contribution in [0.25, 0.3) is 0 Å². The molecule has 0 radical (unpaired) electrons. The number of para-hydroxylation sites is 2. The molecule has 1 unspecified atom stereocenters. The third kappa shape index (κ3) is 4.96. The van der Waals surface area contributed by atoms with Crippen molar-refractivity contribution in [3.8, 4) is 0 Å². The van der Waals surface area contributed by atoms with Gasteiger partial charge in [0.1, 0.15) is 0 Å². The van der Waals surface area contributed by atoms with Crippen LogP contribution in [-0.2, 0) is 0 Å². The van der Waals surface area contributed by atoms with E-state index in [1.54, 1.807) is 0 Å². The van der Waals surface area contributed by atoms with E-state index in [1.165, 1.54) is 0 Å². The minimum atomic E-state index is 0.0480. The number of hydrogen-bond acceptors (Lipinski definition) is 2. The van der Waals surface area contributed by atoms with Crippen LogP contribution in [0.15, 0.2) is 72.8 Å². The van der Waals surface area contributed by atoms with E-state index in [0.717, 1.165) is 17.9 Å². The van der Waals surface area contributed by atoms with Gasteiger partial charge in [0.15, 0.2) is 0 Å². The van der Waals surface area contributed by atoms with Crippen molar-refractivity contribution in [3.05, 3.63) is 72.8 Å². The molecule has 2 heteroatoms. The highest BCUT2D eigenvalue weighted by molar-refractivity contribution is 5.46. The van der Waals surface area contributed by atoms with E-state index < -0.39 is 0 Å². The Morgan fingerprint density at radius 2 is 1.50 bits per heavy atom. The normalized spacial score (nSPS) is 14.0. The molecule has 2 aromatic rings. The van der Waals surface area contributed by atoms with E-state index in [4.69, 9.17) is 2.74 Å². The number of rotatable bonds is 7. The first-order valence-corrected chi connectivity index (χ1v) is 7.59. The average molecular weight is 296 g/mol. The summed E-state index contributed by atoms with van der Waals surface area (Å²) in [7, 11) is 4.02. The smallest absolute Gasteiger partial charge is 0.0591 e. The standard InChI is InChI=1S/C20H26N2/c1-18(17-22(3)20-14-8-5-9-15-20)11-10-16-21(2)19-12-6-4-7-13-19/h4-15,18H,16-17H2,1-3H3/b11-10+/i1D,10D. The molecule has 2 nitrogen and oxygen atoms in total. The summed E-state index contributed by atoms with van der Waals surface area (Å²) in [6.07, 6.45) is 1.92. The second-order valence-corrected chi connectivity index (χ2v) is 5.54. The van der Waals surface area contributed by atoms with Crippen LogP contribution in [0.2, 0.25) is 0 Å². The molecule has 0 fully saturated rings. The molecule has 0 aromatic heterocycles. The van der Waals surface area contributed by atoms with Crippen LogP contribution in [0.5, 0.6) is 0 Å². The fourth-order valence-electron chi connectivity index (χ4n) is 2.32. The molecule has 0 aliphatic carbocycles. The monoisotopic (exact) mass is 296 g/mol. The van der Waals surface area contributed by atoms with Crippen molar-refractivity contribution in [2.75, 3.05) is 37.0 Å². The Morgan fingerprint density at radius 1 is 0.955 bits per heavy atom. The highest BCUT2D eigenvalue weighted by Crippen LogP contribution is 2.14. The number of benzene rings is 2. The Hall–Kier alpha value is -2.22. The molecule has 0 spiro atoms. The predicted octanol–water partition coefficient (Wildman–Crippen LogP) is 4.45. The molecule has 1 atom stereocenters. The molecule has 0 heterocycles. The van der Waals surface area contributed by atoms with Gasteiger partial charge in [0.2, 0.25) is 0 Å². The zero-order valence-corrected chi connectivity index (χ0v) is 13.4. The Bertz CT molecular complexity index is 629. The maximum absolute atomic E-state index is 8.25. The lowest BCUT2D eigenvalue weighted by Gasteiger charge is -2.22. The lowest BCUT2D eigenvalue weighted by atomic mass is 10.1. The Labute approximate surface area is 137 Å². The Kier molecular flexibility index (Phi) is 5.06. The molecule has 0 saturated heterocycles. The van der Waals surface area contributed by atoms with E-state index in [-0.39, 0.29) is 12.8 Å². The summed E-state index contributed by atoms with van der Waals surface area (Å²) in [5, 5.41) is 0. The first-order chi connectivity index (χ1) is 11.6. The van der Waals surface area contributed by atoms with E-state index >= 15 is 0 Å². The van der Waals surface area contributed by atoms with Gasteiger partial charge in [0.25, 0.3) is 0 Å². The Balaban J connectivity index is 1.96. The van der Waals surface area contributed by atoms with Gasteiger partial charge in [-0.15, -0.1) is 0 Å². The molecule has 2 aromatic carbocycles. The third-order valence-electron chi connectivity index (χ3n) is 3.58. The van der Waals surface area contributed by atoms with Gasteiger partial charge in [-0.3, -0.25) is 0 Å². The maximum atomic E-state index is 8.25. The van der Waals surface area contributed by atoms with Gasteiger partial charge in [-0.1, -0.05) is 55.4 Å². The van der Waals surface area contributed by atoms with Gasteiger partial charge in [-0.05, 0) is 30.2 Å². The molecule has 0 saturated carbocycles. The average Bonchev–Trinajstić information content (AvgIpc) is 2.62. The second-order valence-electron chi connectivity index (χ2n) is 5.54. The summed E-state index contributed by atoms with van der Waals surface area (Å²) in [5.41, 5.74) is 2.23. The van der Waals surface area contributed by atoms with Crippen molar-refractivity contribution in [2.24, 2.45) is 5.92 Å². The highest BCUT2D eigenvalue weighted by Gasteiger charge is 2.04. The zero-order valence-electron chi connectivity index (χ0n) is 15.4. The summed E-state index contributed by atoms with van der Waals surface area (Å²) in [5.74, 6) is 0.0480. The zero-order chi connectivity index (χ0) is 17.4. The molecule has 0 bridgehead atoms. The van der Waals surface area contributed by atoms with Crippen molar-refractivity contribution in [1.29, 1.82) is 0 Å². The summed E-state index contributed by atoms with van der Waals surface area (Å²) in [6, 6.07) is 20.8. The molecule has 0 N–H and O–H groups in total. The Morgan fingerprint density at radius 3 is 2.05 bits per heavy atom. The number of hydrogen-bond donors (Lipinski definition) is 0. The first kappa shape index (κ1) is 13.4. The second kappa shape index (κ2) is 8.28. The molecule has 116 valence electrons. The van der Waals surface area contributed by atoms with Crippen LogP contribution in [0.4, 0.5) is 11.4 Å². The summed E-state index contributed by atoms with van der Waals surface area (Å²) in [6.45, 7) is 1.58. The van der Waals surface area contributed by atoms with Crippen LogP contribution >= 0.6 is 0 Å². The van der Waals surface area contributed by atoms with Crippen molar-refractivity contribution in [1.82, 2.24) is 0 Å². The lowest BCUT2D eigenvalue weighted by Crippen LogP contribution is -2.23. The highest BCUT2D eigenvalue weighted by atomic mass is 15.1. The van der Waals surface area contributed by atoms with E-state index in [2.05, 4.69) is 21.9 Å². The minimum absolute atomic E-state index is 0.0480. The van der Waals surface area contributed by atoms with E-state index in [1.807, 2.05) is 68.7 Å². The van der Waals surface area contributed by atoms with Crippen LogP contribution in [0.3, 0.4) is 0 Å². The van der Waals surface area contributed by atoms with Crippen LogP contribution in [-0.4, -0.2) is 27.2 Å². The largest absolute Gasteiger partial charge is 0.374 e. The van der Waals surface area contributed by atoms with Crippen molar-refractivity contribution < 1.29 is 2.74 Å². The topological polar surface area (TPSA) is 6.48 Å². The quantitative estimate of drug-likeness (QED) is 0.696. The van der Waals surface area contributed by atoms with Gasteiger partial charge >= 0.3 is 0 Å². The first-order valence-electron chi connectivity index (χ1n) is 8.79. The van der Waals surface area contributed by atoms with Crippen LogP contribution < -0.4 is 9.80 Å². The number of likely N-dealkylation sites (N-methyl/N-ethyl adjacent to an activating group) is 1. The van der Waals surface area contributed by atoms with E-state index in [9.17, 15) is 0 Å².